The van der Waals surface area contributed by atoms with Crippen molar-refractivity contribution in [2.24, 2.45) is 0 Å². The van der Waals surface area contributed by atoms with Crippen LogP contribution in [-0.2, 0) is 22.6 Å². The van der Waals surface area contributed by atoms with Crippen LogP contribution in [0, 0.1) is 0 Å². The molecule has 0 spiro atoms. The molecule has 1 saturated heterocycles. The van der Waals surface area contributed by atoms with Gasteiger partial charge in [0.15, 0.2) is 0 Å². The van der Waals surface area contributed by atoms with Gasteiger partial charge in [-0.2, -0.15) is 0 Å². The van der Waals surface area contributed by atoms with E-state index in [0.717, 1.165) is 40.3 Å². The molecule has 1 fully saturated rings. The molecule has 180 valence electrons. The Morgan fingerprint density at radius 2 is 1.58 bits per heavy atom. The van der Waals surface area contributed by atoms with Crippen molar-refractivity contribution in [3.8, 4) is 0 Å². The average Bonchev–Trinajstić information content (AvgIpc) is 3.37. The second-order valence-electron chi connectivity index (χ2n) is 8.57. The Hall–Kier alpha value is -4.10. The van der Waals surface area contributed by atoms with Gasteiger partial charge in [-0.05, 0) is 54.4 Å². The topological polar surface area (TPSA) is 71.4 Å². The Labute approximate surface area is 213 Å². The van der Waals surface area contributed by atoms with E-state index in [0.29, 0.717) is 17.9 Å². The Bertz CT molecular complexity index is 1440. The van der Waals surface area contributed by atoms with Gasteiger partial charge in [0.05, 0.1) is 4.91 Å². The molecule has 1 aliphatic rings. The number of aromatic nitrogens is 1. The average molecular weight is 496 g/mol. The zero-order valence-corrected chi connectivity index (χ0v) is 20.4. The fraction of sp³-hybridized carbons (Fsp3) is 0.138. The summed E-state index contributed by atoms with van der Waals surface area (Å²) in [5, 5.41) is 3.58. The number of anilines is 1. The van der Waals surface area contributed by atoms with Crippen LogP contribution < -0.4 is 5.32 Å². The van der Waals surface area contributed by atoms with Crippen LogP contribution in [0.3, 0.4) is 0 Å². The van der Waals surface area contributed by atoms with E-state index in [-0.39, 0.29) is 23.6 Å². The van der Waals surface area contributed by atoms with E-state index in [1.54, 1.807) is 6.08 Å². The van der Waals surface area contributed by atoms with Crippen molar-refractivity contribution in [2.45, 2.75) is 19.4 Å². The van der Waals surface area contributed by atoms with Crippen LogP contribution in [0.25, 0.3) is 17.0 Å². The van der Waals surface area contributed by atoms with Crippen LogP contribution in [0.2, 0.25) is 0 Å². The number of fused-ring (bicyclic) bond motifs is 1. The summed E-state index contributed by atoms with van der Waals surface area (Å²) in [7, 11) is 0. The molecule has 1 aromatic heterocycles. The van der Waals surface area contributed by atoms with Crippen molar-refractivity contribution in [1.29, 1.82) is 0 Å². The van der Waals surface area contributed by atoms with E-state index < -0.39 is 0 Å². The van der Waals surface area contributed by atoms with E-state index in [1.165, 1.54) is 10.5 Å². The van der Waals surface area contributed by atoms with Crippen LogP contribution in [0.1, 0.15) is 17.5 Å². The minimum Gasteiger partial charge on any atom is -0.337 e. The monoisotopic (exact) mass is 495 g/mol. The van der Waals surface area contributed by atoms with E-state index in [2.05, 4.69) is 5.32 Å². The van der Waals surface area contributed by atoms with Crippen molar-refractivity contribution in [3.05, 3.63) is 107 Å². The molecule has 3 amide bonds. The number of para-hydroxylation sites is 2. The molecule has 1 aliphatic heterocycles. The highest BCUT2D eigenvalue weighted by molar-refractivity contribution is 8.18. The van der Waals surface area contributed by atoms with Crippen molar-refractivity contribution in [3.63, 3.8) is 0 Å². The maximum absolute atomic E-state index is 13.0. The van der Waals surface area contributed by atoms with Gasteiger partial charge in [-0.25, -0.2) is 0 Å². The minimum absolute atomic E-state index is 0.129. The summed E-state index contributed by atoms with van der Waals surface area (Å²) >= 11 is 0.966. The van der Waals surface area contributed by atoms with Crippen molar-refractivity contribution < 1.29 is 14.4 Å². The summed E-state index contributed by atoms with van der Waals surface area (Å²) in [5.41, 5.74) is 3.60. The second-order valence-corrected chi connectivity index (χ2v) is 9.56. The molecule has 0 unspecified atom stereocenters. The van der Waals surface area contributed by atoms with Crippen LogP contribution in [0.5, 0.6) is 0 Å². The van der Waals surface area contributed by atoms with Gasteiger partial charge in [-0.3, -0.25) is 19.3 Å². The molecule has 4 aromatic rings. The quantitative estimate of drug-likeness (QED) is 0.307. The van der Waals surface area contributed by atoms with Crippen LogP contribution >= 0.6 is 11.8 Å². The third-order valence-electron chi connectivity index (χ3n) is 6.04. The molecule has 2 heterocycles. The predicted molar refractivity (Wildman–Crippen MR) is 144 cm³/mol. The number of amides is 3. The number of carbonyl (C=O) groups excluding carboxylic acids is 3. The highest BCUT2D eigenvalue weighted by Crippen LogP contribution is 2.34. The lowest BCUT2D eigenvalue weighted by Gasteiger charge is -2.12. The number of hydrogen-bond acceptors (Lipinski definition) is 4. The fourth-order valence-corrected chi connectivity index (χ4v) is 5.17. The lowest BCUT2D eigenvalue weighted by atomic mass is 10.1. The first kappa shape index (κ1) is 23.6. The maximum atomic E-state index is 13.0. The number of aryl methyl sites for hydroxylation is 1. The molecular formula is C29H25N3O3S. The molecule has 0 saturated carbocycles. The van der Waals surface area contributed by atoms with E-state index >= 15 is 0 Å². The van der Waals surface area contributed by atoms with Gasteiger partial charge in [0.2, 0.25) is 5.91 Å². The molecule has 6 nitrogen and oxygen atoms in total. The number of benzene rings is 3. The van der Waals surface area contributed by atoms with Gasteiger partial charge >= 0.3 is 0 Å². The molecule has 7 heteroatoms. The second kappa shape index (κ2) is 10.7. The molecule has 0 bridgehead atoms. The normalized spacial score (nSPS) is 14.7. The standard InChI is InChI=1S/C29H25N3O3S/c33-27(30-23-13-5-2-6-14-23)20-31-19-22(24-15-7-8-16-25(24)31)18-26-28(34)32(29(35)36-26)17-9-12-21-10-3-1-4-11-21/h1-8,10-11,13-16,18-19H,9,12,17,20H2,(H,30,33)/b26-18+. The highest BCUT2D eigenvalue weighted by atomic mass is 32.2. The summed E-state index contributed by atoms with van der Waals surface area (Å²) in [6.07, 6.45) is 5.14. The molecule has 0 radical (unpaired) electrons. The van der Waals surface area contributed by atoms with E-state index in [1.807, 2.05) is 95.7 Å². The van der Waals surface area contributed by atoms with Crippen LogP contribution in [-0.4, -0.2) is 33.1 Å². The number of thioether (sulfide) groups is 1. The lowest BCUT2D eigenvalue weighted by Crippen LogP contribution is -2.29. The summed E-state index contributed by atoms with van der Waals surface area (Å²) in [5.74, 6) is -0.413. The van der Waals surface area contributed by atoms with Crippen molar-refractivity contribution in [1.82, 2.24) is 9.47 Å². The third kappa shape index (κ3) is 5.26. The molecular weight excluding hydrogens is 470 g/mol. The van der Waals surface area contributed by atoms with Gasteiger partial charge in [0, 0.05) is 34.9 Å². The molecule has 3 aromatic carbocycles. The number of carbonyl (C=O) groups is 3. The largest absolute Gasteiger partial charge is 0.337 e. The van der Waals surface area contributed by atoms with Crippen molar-refractivity contribution >= 4 is 51.5 Å². The van der Waals surface area contributed by atoms with Gasteiger partial charge in [0.1, 0.15) is 6.54 Å². The first-order valence-electron chi connectivity index (χ1n) is 11.8. The summed E-state index contributed by atoms with van der Waals surface area (Å²) in [6.45, 7) is 0.516. The Morgan fingerprint density at radius 1 is 0.889 bits per heavy atom. The third-order valence-corrected chi connectivity index (χ3v) is 6.95. The van der Waals surface area contributed by atoms with Gasteiger partial charge in [0.25, 0.3) is 11.1 Å². The predicted octanol–water partition coefficient (Wildman–Crippen LogP) is 5.95. The first-order valence-corrected chi connectivity index (χ1v) is 12.6. The van der Waals surface area contributed by atoms with Gasteiger partial charge in [-0.1, -0.05) is 66.7 Å². The lowest BCUT2D eigenvalue weighted by molar-refractivity contribution is -0.122. The first-order chi connectivity index (χ1) is 17.6. The number of imide groups is 1. The van der Waals surface area contributed by atoms with Gasteiger partial charge < -0.3 is 9.88 Å². The summed E-state index contributed by atoms with van der Waals surface area (Å²) in [6, 6.07) is 27.1. The zero-order chi connectivity index (χ0) is 24.9. The SMILES string of the molecule is O=C(Cn1cc(/C=C2/SC(=O)N(CCCc3ccccc3)C2=O)c2ccccc21)Nc1ccccc1. The zero-order valence-electron chi connectivity index (χ0n) is 19.6. The van der Waals surface area contributed by atoms with E-state index in [4.69, 9.17) is 0 Å². The summed E-state index contributed by atoms with van der Waals surface area (Å²) in [4.78, 5) is 40.0. The van der Waals surface area contributed by atoms with Crippen LogP contribution in [0.4, 0.5) is 10.5 Å². The molecule has 0 aliphatic carbocycles. The Kier molecular flexibility index (Phi) is 7.00. The van der Waals surface area contributed by atoms with Crippen molar-refractivity contribution in [2.75, 3.05) is 11.9 Å². The Balaban J connectivity index is 1.32. The van der Waals surface area contributed by atoms with Crippen LogP contribution in [0.15, 0.2) is 96.0 Å². The van der Waals surface area contributed by atoms with Gasteiger partial charge in [-0.15, -0.1) is 0 Å². The smallest absolute Gasteiger partial charge is 0.293 e. The number of nitrogens with one attached hydrogen (secondary N) is 1. The maximum Gasteiger partial charge on any atom is 0.293 e. The molecule has 36 heavy (non-hydrogen) atoms. The highest BCUT2D eigenvalue weighted by Gasteiger charge is 2.34. The molecule has 0 atom stereocenters. The minimum atomic E-state index is -0.267. The Morgan fingerprint density at radius 3 is 2.36 bits per heavy atom. The molecule has 1 N–H and O–H groups in total. The summed E-state index contributed by atoms with van der Waals surface area (Å²) < 4.78 is 1.86. The number of nitrogens with zero attached hydrogens (tertiary/aromatic N) is 2. The fourth-order valence-electron chi connectivity index (χ4n) is 4.32. The number of rotatable bonds is 8. The number of hydrogen-bond donors (Lipinski definition) is 1. The molecule has 5 rings (SSSR count). The van der Waals surface area contributed by atoms with E-state index in [9.17, 15) is 14.4 Å².